The fraction of sp³-hybridized carbons (Fsp3) is 0.312. The maximum absolute atomic E-state index is 12.6. The summed E-state index contributed by atoms with van der Waals surface area (Å²) in [6, 6.07) is 5.28. The van der Waals surface area contributed by atoms with Gasteiger partial charge in [0.25, 0.3) is 5.91 Å². The van der Waals surface area contributed by atoms with Crippen LogP contribution in [0.1, 0.15) is 35.6 Å². The van der Waals surface area contributed by atoms with Crippen molar-refractivity contribution in [2.45, 2.75) is 32.3 Å². The van der Waals surface area contributed by atoms with Crippen LogP contribution in [0.25, 0.3) is 0 Å². The molecule has 25 heavy (non-hydrogen) atoms. The highest BCUT2D eigenvalue weighted by Crippen LogP contribution is 2.31. The molecular formula is C16H14BrN3O4S. The summed E-state index contributed by atoms with van der Waals surface area (Å²) in [6.45, 7) is 3.00. The zero-order chi connectivity index (χ0) is 18.2. The standard InChI is InChI=1S/C16H14BrN3O4S/c1-8(21)5-12-18-15(25-20-12)19-14(23)16(2)7-9-3-4-10(17)6-11(9)13(22)24-16/h3-4,6H,5,7H2,1-2H3,(H,18,19,20,23)/t16-/m1/s1. The number of halogens is 1. The van der Waals surface area contributed by atoms with Crippen LogP contribution in [0.4, 0.5) is 5.13 Å². The molecule has 1 amide bonds. The van der Waals surface area contributed by atoms with Crippen LogP contribution in [-0.4, -0.2) is 32.6 Å². The van der Waals surface area contributed by atoms with Gasteiger partial charge >= 0.3 is 5.97 Å². The molecule has 0 radical (unpaired) electrons. The number of amides is 1. The second-order valence-corrected chi connectivity index (χ2v) is 7.61. The maximum atomic E-state index is 12.6. The topological polar surface area (TPSA) is 98.2 Å². The van der Waals surface area contributed by atoms with E-state index in [9.17, 15) is 14.4 Å². The van der Waals surface area contributed by atoms with Crippen molar-refractivity contribution in [3.63, 3.8) is 0 Å². The highest BCUT2D eigenvalue weighted by molar-refractivity contribution is 9.10. The Hall–Kier alpha value is -2.13. The lowest BCUT2D eigenvalue weighted by molar-refractivity contribution is -0.134. The minimum absolute atomic E-state index is 0.0633. The number of carbonyl (C=O) groups excluding carboxylic acids is 3. The van der Waals surface area contributed by atoms with Crippen LogP contribution >= 0.6 is 27.5 Å². The fourth-order valence-corrected chi connectivity index (χ4v) is 3.45. The van der Waals surface area contributed by atoms with Gasteiger partial charge in [0.1, 0.15) is 5.78 Å². The summed E-state index contributed by atoms with van der Waals surface area (Å²) in [5.41, 5.74) is -0.157. The minimum Gasteiger partial charge on any atom is -0.445 e. The van der Waals surface area contributed by atoms with Gasteiger partial charge in [0.05, 0.1) is 12.0 Å². The first kappa shape index (κ1) is 17.7. The molecule has 1 N–H and O–H groups in total. The third kappa shape index (κ3) is 3.77. The van der Waals surface area contributed by atoms with E-state index < -0.39 is 17.5 Å². The molecule has 130 valence electrons. The normalized spacial score (nSPS) is 19.1. The molecule has 9 heteroatoms. The Morgan fingerprint density at radius 1 is 1.44 bits per heavy atom. The first-order valence-electron chi connectivity index (χ1n) is 7.42. The second kappa shape index (κ2) is 6.64. The zero-order valence-electron chi connectivity index (χ0n) is 13.5. The van der Waals surface area contributed by atoms with E-state index in [2.05, 4.69) is 30.6 Å². The Bertz CT molecular complexity index is 882. The largest absolute Gasteiger partial charge is 0.445 e. The first-order chi connectivity index (χ1) is 11.8. The zero-order valence-corrected chi connectivity index (χ0v) is 15.9. The molecule has 1 aliphatic heterocycles. The molecule has 0 bridgehead atoms. The Labute approximate surface area is 156 Å². The second-order valence-electron chi connectivity index (χ2n) is 5.95. The minimum atomic E-state index is -1.34. The van der Waals surface area contributed by atoms with Crippen LogP contribution in [0.15, 0.2) is 22.7 Å². The average Bonchev–Trinajstić information content (AvgIpc) is 2.94. The van der Waals surface area contributed by atoms with E-state index in [1.807, 2.05) is 6.07 Å². The predicted molar refractivity (Wildman–Crippen MR) is 94.6 cm³/mol. The van der Waals surface area contributed by atoms with Crippen molar-refractivity contribution in [3.8, 4) is 0 Å². The number of Topliss-reactive ketones (excluding diaryl/α,β-unsaturated/α-hetero) is 1. The number of nitrogens with zero attached hydrogens (tertiary/aromatic N) is 2. The molecule has 0 fully saturated rings. The van der Waals surface area contributed by atoms with E-state index in [4.69, 9.17) is 4.74 Å². The molecule has 0 unspecified atom stereocenters. The number of anilines is 1. The number of ketones is 1. The molecule has 1 aromatic heterocycles. The fourth-order valence-electron chi connectivity index (χ4n) is 2.51. The predicted octanol–water partition coefficient (Wildman–Crippen LogP) is 2.54. The van der Waals surface area contributed by atoms with E-state index in [1.165, 1.54) is 6.92 Å². The summed E-state index contributed by atoms with van der Waals surface area (Å²) in [5.74, 6) is -0.741. The van der Waals surface area contributed by atoms with Crippen LogP contribution < -0.4 is 5.32 Å². The summed E-state index contributed by atoms with van der Waals surface area (Å²) in [5, 5.41) is 2.88. The molecular weight excluding hydrogens is 410 g/mol. The lowest BCUT2D eigenvalue weighted by Gasteiger charge is -2.32. The van der Waals surface area contributed by atoms with Gasteiger partial charge in [-0.1, -0.05) is 22.0 Å². The number of esters is 1. The van der Waals surface area contributed by atoms with Gasteiger partial charge in [0, 0.05) is 22.4 Å². The Morgan fingerprint density at radius 3 is 2.92 bits per heavy atom. The van der Waals surface area contributed by atoms with Gasteiger partial charge in [-0.2, -0.15) is 4.37 Å². The lowest BCUT2D eigenvalue weighted by Crippen LogP contribution is -2.48. The maximum Gasteiger partial charge on any atom is 0.339 e. The third-order valence-corrected chi connectivity index (χ3v) is 4.88. The molecule has 1 aliphatic rings. The Kier molecular flexibility index (Phi) is 4.70. The Balaban J connectivity index is 1.78. The quantitative estimate of drug-likeness (QED) is 0.758. The van der Waals surface area contributed by atoms with Gasteiger partial charge in [-0.25, -0.2) is 9.78 Å². The van der Waals surface area contributed by atoms with Gasteiger partial charge in [0.2, 0.25) is 5.13 Å². The number of fused-ring (bicyclic) bond motifs is 1. The van der Waals surface area contributed by atoms with Crippen LogP contribution in [0.2, 0.25) is 0 Å². The highest BCUT2D eigenvalue weighted by Gasteiger charge is 2.43. The number of aromatic nitrogens is 2. The summed E-state index contributed by atoms with van der Waals surface area (Å²) >= 11 is 4.29. The number of ether oxygens (including phenoxy) is 1. The SMILES string of the molecule is CC(=O)Cc1nsc(NC(=O)[C@@]2(C)Cc3ccc(Br)cc3C(=O)O2)n1. The van der Waals surface area contributed by atoms with Crippen LogP contribution in [0, 0.1) is 0 Å². The van der Waals surface area contributed by atoms with Crippen molar-refractivity contribution in [2.24, 2.45) is 0 Å². The van der Waals surface area contributed by atoms with Gasteiger partial charge < -0.3 is 4.74 Å². The average molecular weight is 424 g/mol. The molecule has 0 aliphatic carbocycles. The van der Waals surface area contributed by atoms with Crippen LogP contribution in [-0.2, 0) is 27.2 Å². The van der Waals surface area contributed by atoms with Crippen molar-refractivity contribution < 1.29 is 19.1 Å². The van der Waals surface area contributed by atoms with E-state index >= 15 is 0 Å². The van der Waals surface area contributed by atoms with E-state index in [0.29, 0.717) is 11.4 Å². The van der Waals surface area contributed by atoms with Crippen molar-refractivity contribution in [2.75, 3.05) is 5.32 Å². The van der Waals surface area contributed by atoms with Gasteiger partial charge in [0.15, 0.2) is 11.4 Å². The van der Waals surface area contributed by atoms with Gasteiger partial charge in [-0.3, -0.25) is 14.9 Å². The number of hydrogen-bond donors (Lipinski definition) is 1. The monoisotopic (exact) mass is 423 g/mol. The molecule has 1 atom stereocenters. The number of benzene rings is 1. The van der Waals surface area contributed by atoms with E-state index in [0.717, 1.165) is 21.6 Å². The molecule has 0 spiro atoms. The van der Waals surface area contributed by atoms with Gasteiger partial charge in [-0.05, 0) is 31.5 Å². The summed E-state index contributed by atoms with van der Waals surface area (Å²) < 4.78 is 10.2. The number of rotatable bonds is 4. The number of hydrogen-bond acceptors (Lipinski definition) is 7. The van der Waals surface area contributed by atoms with Crippen LogP contribution in [0.3, 0.4) is 0 Å². The third-order valence-electron chi connectivity index (χ3n) is 3.71. The van der Waals surface area contributed by atoms with Crippen molar-refractivity contribution in [1.29, 1.82) is 0 Å². The smallest absolute Gasteiger partial charge is 0.339 e. The van der Waals surface area contributed by atoms with Gasteiger partial charge in [-0.15, -0.1) is 0 Å². The molecule has 1 aromatic carbocycles. The molecule has 2 aromatic rings. The van der Waals surface area contributed by atoms with Crippen LogP contribution in [0.5, 0.6) is 0 Å². The van der Waals surface area contributed by atoms with Crippen molar-refractivity contribution >= 4 is 50.3 Å². The number of cyclic esters (lactones) is 1. The van der Waals surface area contributed by atoms with Crippen molar-refractivity contribution in [1.82, 2.24) is 9.36 Å². The summed E-state index contributed by atoms with van der Waals surface area (Å²) in [4.78, 5) is 40.1. The molecule has 3 rings (SSSR count). The van der Waals surface area contributed by atoms with E-state index in [1.54, 1.807) is 19.1 Å². The first-order valence-corrected chi connectivity index (χ1v) is 8.99. The lowest BCUT2D eigenvalue weighted by atomic mass is 9.89. The van der Waals surface area contributed by atoms with E-state index in [-0.39, 0.29) is 23.8 Å². The molecule has 0 saturated heterocycles. The van der Waals surface area contributed by atoms with Crippen molar-refractivity contribution in [3.05, 3.63) is 39.6 Å². The number of carbonyl (C=O) groups is 3. The highest BCUT2D eigenvalue weighted by atomic mass is 79.9. The molecule has 0 saturated carbocycles. The summed E-state index contributed by atoms with van der Waals surface area (Å²) in [7, 11) is 0. The summed E-state index contributed by atoms with van der Waals surface area (Å²) in [6.07, 6.45) is 0.368. The Morgan fingerprint density at radius 2 is 2.20 bits per heavy atom. The molecule has 2 heterocycles. The molecule has 7 nitrogen and oxygen atoms in total. The number of nitrogens with one attached hydrogen (secondary N) is 1.